The summed E-state index contributed by atoms with van der Waals surface area (Å²) in [6, 6.07) is -4.75. The number of carboxylic acids is 1. The van der Waals surface area contributed by atoms with Crippen molar-refractivity contribution < 1.29 is 156 Å². The number of aliphatic hydroxyl groups excluding tert-OH is 9. The Kier molecular flexibility index (Phi) is 45.9. The Labute approximate surface area is 556 Å². The molecule has 3 aliphatic rings. The number of carbonyl (C=O) groups is 7. The monoisotopic (exact) mass is 1400 g/mol. The van der Waals surface area contributed by atoms with Gasteiger partial charge >= 0.3 is 5.97 Å². The molecule has 0 unspecified atom stereocenters. The van der Waals surface area contributed by atoms with E-state index < -0.39 is 166 Å². The minimum Gasteiger partial charge on any atom is -0.480 e. The summed E-state index contributed by atoms with van der Waals surface area (Å²) < 4.78 is 81.9. The molecule has 0 radical (unpaired) electrons. The van der Waals surface area contributed by atoms with Crippen molar-refractivity contribution in [2.24, 2.45) is 0 Å². The topological polar surface area (TPSA) is 532 Å². The number of amides is 6. The van der Waals surface area contributed by atoms with E-state index in [2.05, 4.69) is 31.9 Å². The molecular weight excluding hydrogens is 1290 g/mol. The van der Waals surface area contributed by atoms with Gasteiger partial charge in [-0.1, -0.05) is 0 Å². The summed E-state index contributed by atoms with van der Waals surface area (Å²) in [5.41, 5.74) is 0. The largest absolute Gasteiger partial charge is 0.480 e. The molecule has 3 fully saturated rings. The van der Waals surface area contributed by atoms with Gasteiger partial charge in [0.15, 0.2) is 18.9 Å². The average Bonchev–Trinajstić information content (AvgIpc) is 0.836. The SMILES string of the molecule is CC(=O)N[C@H]1[C@H](OCCOCCOCCOCC(=O)NCCCC[C@H](NC(=O)COCCOCCOCCO[C@@H]2O[C@H](CO)[C@H](O)[C@H](O)[C@H]2NC(C)=O)C(=O)N[C@@H](CCCCNC(=O)COCCOCCOCCO[C@H]2C[C@@H](O)[C@@H](O)[C@@H](CO)O2)C(=O)O)O[C@H](CO)[C@H](O)[C@@H]1O. The maximum absolute atomic E-state index is 13.6. The molecule has 0 bridgehead atoms. The van der Waals surface area contributed by atoms with E-state index in [1.807, 2.05) is 0 Å². The standard InChI is InChI=1S/C58H104N6O32/c1-36(68)61-48-53(77)51(75)42(31-66)95-57(48)92-27-24-86-15-12-83-18-21-88-33-44(71)59-9-5-3-7-38(63-46(73)35-90-22-19-84-13-16-87-25-28-93-58-49(62-37(2)69)54(78)52(76)43(32-67)96-58)55(79)64-39(56(80)81)8-4-6-10-60-45(72)34-89-20-17-82-11-14-85-23-26-91-47-29-40(70)50(74)41(30-65)94-47/h38-43,47-54,57-58,65-67,70,74-78H,3-35H2,1-2H3,(H,59,71)(H,60,72)(H,61,68)(H,62,69)(H,63,73)(H,64,79)(H,80,81)/t38-,39-,40+,41+,42+,43+,47+,48+,49+,50+,51-,52-,53+,54+,57+,58+/m0/s1. The first-order valence-electron chi connectivity index (χ1n) is 32.0. The van der Waals surface area contributed by atoms with E-state index in [9.17, 15) is 84.6 Å². The fraction of sp³-hybridized carbons (Fsp3) is 0.879. The first-order chi connectivity index (χ1) is 46.2. The average molecular weight is 1400 g/mol. The number of nitrogens with one attached hydrogen (secondary N) is 6. The lowest BCUT2D eigenvalue weighted by atomic mass is 9.97. The highest BCUT2D eigenvalue weighted by Gasteiger charge is 2.47. The van der Waals surface area contributed by atoms with Crippen LogP contribution in [0.15, 0.2) is 0 Å². The van der Waals surface area contributed by atoms with Gasteiger partial charge in [0.05, 0.1) is 145 Å². The molecule has 0 saturated carbocycles. The number of aliphatic carboxylic acids is 1. The number of carboxylic acid groups (broad SMARTS) is 1. The van der Waals surface area contributed by atoms with Crippen LogP contribution < -0.4 is 31.9 Å². The minimum absolute atomic E-state index is 0.0152. The Morgan fingerprint density at radius 3 is 1.16 bits per heavy atom. The van der Waals surface area contributed by atoms with Gasteiger partial charge in [-0.15, -0.1) is 0 Å². The third kappa shape index (κ3) is 35.9. The molecule has 16 atom stereocenters. The molecule has 0 aliphatic carbocycles. The van der Waals surface area contributed by atoms with Gasteiger partial charge in [0.25, 0.3) is 0 Å². The molecule has 38 nitrogen and oxygen atoms in total. The minimum atomic E-state index is -1.47. The molecule has 0 aromatic carbocycles. The molecular formula is C58H104N6O32. The summed E-state index contributed by atoms with van der Waals surface area (Å²) in [5.74, 6) is -4.63. The molecule has 0 spiro atoms. The zero-order chi connectivity index (χ0) is 70.5. The highest BCUT2D eigenvalue weighted by molar-refractivity contribution is 5.90. The molecule has 0 aromatic heterocycles. The number of hydrogen-bond acceptors (Lipinski definition) is 31. The smallest absolute Gasteiger partial charge is 0.326 e. The predicted molar refractivity (Wildman–Crippen MR) is 324 cm³/mol. The van der Waals surface area contributed by atoms with Crippen LogP contribution in [-0.2, 0) is 105 Å². The molecule has 6 amide bonds. The summed E-state index contributed by atoms with van der Waals surface area (Å²) in [7, 11) is 0. The van der Waals surface area contributed by atoms with Crippen LogP contribution in [0.1, 0.15) is 58.8 Å². The van der Waals surface area contributed by atoms with Crippen LogP contribution in [0.5, 0.6) is 0 Å². The van der Waals surface area contributed by atoms with Crippen molar-refractivity contribution in [3.05, 3.63) is 0 Å². The van der Waals surface area contributed by atoms with Gasteiger partial charge < -0.3 is 154 Å². The summed E-state index contributed by atoms with van der Waals surface area (Å²) in [5, 5.41) is 114. The lowest BCUT2D eigenvalue weighted by Gasteiger charge is -2.42. The van der Waals surface area contributed by atoms with E-state index in [0.29, 0.717) is 19.3 Å². The zero-order valence-electron chi connectivity index (χ0n) is 54.5. The van der Waals surface area contributed by atoms with Crippen molar-refractivity contribution in [1.29, 1.82) is 0 Å². The van der Waals surface area contributed by atoms with Crippen LogP contribution in [-0.4, -0.2) is 362 Å². The number of hydrogen-bond donors (Lipinski definition) is 16. The molecule has 38 heteroatoms. The van der Waals surface area contributed by atoms with E-state index in [1.54, 1.807) is 0 Å². The highest BCUT2D eigenvalue weighted by atomic mass is 16.7. The second kappa shape index (κ2) is 51.5. The molecule has 0 aromatic rings. The fourth-order valence-corrected chi connectivity index (χ4v) is 9.44. The van der Waals surface area contributed by atoms with Gasteiger partial charge in [0.1, 0.15) is 92.8 Å². The summed E-state index contributed by atoms with van der Waals surface area (Å²) in [6.45, 7) is 2.08. The van der Waals surface area contributed by atoms with Crippen LogP contribution in [0.2, 0.25) is 0 Å². The molecule has 16 N–H and O–H groups in total. The van der Waals surface area contributed by atoms with Crippen molar-refractivity contribution in [1.82, 2.24) is 31.9 Å². The van der Waals surface area contributed by atoms with Gasteiger partial charge in [0.2, 0.25) is 35.4 Å². The third-order valence-corrected chi connectivity index (χ3v) is 14.4. The molecule has 558 valence electrons. The maximum Gasteiger partial charge on any atom is 0.326 e. The summed E-state index contributed by atoms with van der Waals surface area (Å²) in [6.07, 6.45) is -13.1. The van der Waals surface area contributed by atoms with E-state index in [4.69, 9.17) is 71.1 Å². The lowest BCUT2D eigenvalue weighted by Crippen LogP contribution is -2.64. The van der Waals surface area contributed by atoms with Gasteiger partial charge in [-0.3, -0.25) is 28.8 Å². The van der Waals surface area contributed by atoms with Crippen LogP contribution in [0.3, 0.4) is 0 Å². The predicted octanol–water partition coefficient (Wildman–Crippen LogP) is -8.47. The fourth-order valence-electron chi connectivity index (χ4n) is 9.44. The second-order valence-corrected chi connectivity index (χ2v) is 22.1. The Morgan fingerprint density at radius 1 is 0.417 bits per heavy atom. The van der Waals surface area contributed by atoms with Gasteiger partial charge in [-0.05, 0) is 38.5 Å². The van der Waals surface area contributed by atoms with Crippen LogP contribution in [0.4, 0.5) is 0 Å². The first kappa shape index (κ1) is 85.6. The van der Waals surface area contributed by atoms with Crippen molar-refractivity contribution in [2.75, 3.05) is 172 Å². The van der Waals surface area contributed by atoms with E-state index in [1.165, 1.54) is 13.8 Å². The highest BCUT2D eigenvalue weighted by Crippen LogP contribution is 2.24. The lowest BCUT2D eigenvalue weighted by molar-refractivity contribution is -0.272. The zero-order valence-corrected chi connectivity index (χ0v) is 54.5. The molecule has 3 heterocycles. The van der Waals surface area contributed by atoms with E-state index in [0.717, 1.165) is 0 Å². The Bertz CT molecular complexity index is 2150. The van der Waals surface area contributed by atoms with Gasteiger partial charge in [-0.2, -0.15) is 0 Å². The molecule has 96 heavy (non-hydrogen) atoms. The number of ether oxygens (including phenoxy) is 15. The molecule has 3 aliphatic heterocycles. The summed E-state index contributed by atoms with van der Waals surface area (Å²) >= 11 is 0. The van der Waals surface area contributed by atoms with E-state index >= 15 is 0 Å². The van der Waals surface area contributed by atoms with Crippen molar-refractivity contribution in [2.45, 2.75) is 157 Å². The molecule has 3 saturated heterocycles. The third-order valence-electron chi connectivity index (χ3n) is 14.4. The molecule has 3 rings (SSSR count). The van der Waals surface area contributed by atoms with Crippen LogP contribution >= 0.6 is 0 Å². The normalized spacial score (nSPS) is 25.7. The number of unbranched alkanes of at least 4 members (excludes halogenated alkanes) is 2. The maximum atomic E-state index is 13.6. The van der Waals surface area contributed by atoms with Gasteiger partial charge in [0, 0.05) is 33.4 Å². The summed E-state index contributed by atoms with van der Waals surface area (Å²) in [4.78, 5) is 87.0. The van der Waals surface area contributed by atoms with Crippen LogP contribution in [0.25, 0.3) is 0 Å². The van der Waals surface area contributed by atoms with Crippen molar-refractivity contribution >= 4 is 41.4 Å². The quantitative estimate of drug-likeness (QED) is 0.0252. The van der Waals surface area contributed by atoms with Crippen molar-refractivity contribution in [3.8, 4) is 0 Å². The van der Waals surface area contributed by atoms with E-state index in [-0.39, 0.29) is 171 Å². The number of carbonyl (C=O) groups excluding carboxylic acids is 6. The number of rotatable bonds is 55. The Balaban J connectivity index is 1.33. The second-order valence-electron chi connectivity index (χ2n) is 22.1. The number of aliphatic hydroxyl groups is 9. The Morgan fingerprint density at radius 2 is 0.771 bits per heavy atom. The Hall–Kier alpha value is -4.67. The van der Waals surface area contributed by atoms with Crippen LogP contribution in [0, 0.1) is 0 Å². The van der Waals surface area contributed by atoms with Gasteiger partial charge in [-0.25, -0.2) is 4.79 Å². The first-order valence-corrected chi connectivity index (χ1v) is 32.0. The van der Waals surface area contributed by atoms with Crippen molar-refractivity contribution in [3.63, 3.8) is 0 Å².